The van der Waals surface area contributed by atoms with Gasteiger partial charge in [0.2, 0.25) is 6.20 Å². The van der Waals surface area contributed by atoms with E-state index in [1.54, 1.807) is 12.1 Å². The maximum atomic E-state index is 13.8. The number of hydrogen-bond donors (Lipinski definition) is 0. The number of nitro groups is 1. The Labute approximate surface area is 207 Å². The number of rotatable bonds is 8. The first-order valence-electron chi connectivity index (χ1n) is 11.8. The molecule has 0 spiro atoms. The first kappa shape index (κ1) is 26.9. The Morgan fingerprint density at radius 1 is 1.34 bits per heavy atom. The number of ketones is 1. The third-order valence-electron chi connectivity index (χ3n) is 7.47. The minimum atomic E-state index is -2.24. The molecule has 1 aliphatic carbocycles. The molecule has 0 bridgehead atoms. The first-order valence-corrected chi connectivity index (χ1v) is 14.7. The summed E-state index contributed by atoms with van der Waals surface area (Å²) in [6.07, 6.45) is 2.08. The van der Waals surface area contributed by atoms with Gasteiger partial charge in [0, 0.05) is 31.4 Å². The summed E-state index contributed by atoms with van der Waals surface area (Å²) in [6.45, 7) is 12.1. The lowest BCUT2D eigenvalue weighted by Crippen LogP contribution is -2.59. The monoisotopic (exact) mass is 505 g/mol. The van der Waals surface area contributed by atoms with Crippen molar-refractivity contribution in [3.05, 3.63) is 39.6 Å². The molecule has 3 atom stereocenters. The van der Waals surface area contributed by atoms with Crippen molar-refractivity contribution in [2.24, 2.45) is 0 Å². The number of benzene rings is 1. The Kier molecular flexibility index (Phi) is 7.47. The van der Waals surface area contributed by atoms with Gasteiger partial charge in [-0.1, -0.05) is 26.8 Å². The number of hydrogen-bond acceptors (Lipinski definition) is 8. The Hall–Kier alpha value is -2.72. The van der Waals surface area contributed by atoms with Gasteiger partial charge in [0.05, 0.1) is 24.7 Å². The third kappa shape index (κ3) is 4.99. The smallest absolute Gasteiger partial charge is 0.302 e. The highest BCUT2D eigenvalue weighted by molar-refractivity contribution is 6.74. The molecule has 0 saturated heterocycles. The molecule has 1 aromatic carbocycles. The average molecular weight is 506 g/mol. The van der Waals surface area contributed by atoms with Crippen LogP contribution in [0.2, 0.25) is 18.1 Å². The molecule has 1 aliphatic heterocycles. The van der Waals surface area contributed by atoms with Gasteiger partial charge in [0.25, 0.3) is 0 Å². The van der Waals surface area contributed by atoms with Gasteiger partial charge >= 0.3 is 5.97 Å². The van der Waals surface area contributed by atoms with E-state index in [2.05, 4.69) is 33.9 Å². The van der Waals surface area contributed by atoms with E-state index in [1.807, 2.05) is 0 Å². The van der Waals surface area contributed by atoms with Crippen LogP contribution >= 0.6 is 0 Å². The summed E-state index contributed by atoms with van der Waals surface area (Å²) in [5.74, 6) is 0.296. The standard InChI is InChI=1S/C25H35NO8Si/c1-16(27)32-15-13-25-20(28)11-10-19(34-35(6,7)24(2,3)4)23(25)33-22-18(31-5)9-8-17(21(22)25)12-14-26(29)30/h8-9,12,14,19,23H,10-11,13,15H2,1-7H3/b14-12+/t19-,23+,25+/m0/s1. The third-order valence-corrected chi connectivity index (χ3v) is 12.0. The van der Waals surface area contributed by atoms with Crippen LogP contribution in [0.5, 0.6) is 11.5 Å². The summed E-state index contributed by atoms with van der Waals surface area (Å²) in [6, 6.07) is 3.35. The van der Waals surface area contributed by atoms with Crippen molar-refractivity contribution in [2.45, 2.75) is 82.7 Å². The molecule has 3 rings (SSSR count). The van der Waals surface area contributed by atoms with Crippen LogP contribution in [0.25, 0.3) is 6.08 Å². The zero-order valence-corrected chi connectivity index (χ0v) is 22.5. The number of esters is 1. The quantitative estimate of drug-likeness (QED) is 0.217. The lowest BCUT2D eigenvalue weighted by molar-refractivity contribution is -0.400. The molecule has 2 aliphatic rings. The molecule has 0 radical (unpaired) electrons. The van der Waals surface area contributed by atoms with E-state index in [1.165, 1.54) is 20.1 Å². The second-order valence-corrected chi connectivity index (χ2v) is 15.4. The number of fused-ring (bicyclic) bond motifs is 3. The van der Waals surface area contributed by atoms with Crippen LogP contribution in [0.1, 0.15) is 58.1 Å². The summed E-state index contributed by atoms with van der Waals surface area (Å²) in [7, 11) is -0.732. The molecule has 9 nitrogen and oxygen atoms in total. The van der Waals surface area contributed by atoms with Crippen molar-refractivity contribution in [1.82, 2.24) is 0 Å². The number of carbonyl (C=O) groups excluding carboxylic acids is 2. The zero-order valence-electron chi connectivity index (χ0n) is 21.5. The molecular weight excluding hydrogens is 470 g/mol. The number of nitrogens with zero attached hydrogens (tertiary/aromatic N) is 1. The summed E-state index contributed by atoms with van der Waals surface area (Å²) >= 11 is 0. The van der Waals surface area contributed by atoms with Crippen LogP contribution in [0, 0.1) is 10.1 Å². The number of carbonyl (C=O) groups is 2. The van der Waals surface area contributed by atoms with Gasteiger partial charge in [-0.15, -0.1) is 0 Å². The molecule has 1 fully saturated rings. The van der Waals surface area contributed by atoms with Gasteiger partial charge in [0.1, 0.15) is 17.3 Å². The van der Waals surface area contributed by atoms with Gasteiger partial charge in [-0.3, -0.25) is 19.7 Å². The van der Waals surface area contributed by atoms with Crippen LogP contribution in [-0.4, -0.2) is 50.9 Å². The van der Waals surface area contributed by atoms with Crippen LogP contribution in [0.4, 0.5) is 0 Å². The van der Waals surface area contributed by atoms with Crippen molar-refractivity contribution >= 4 is 26.1 Å². The van der Waals surface area contributed by atoms with E-state index in [0.29, 0.717) is 29.0 Å². The molecular formula is C25H35NO8Si. The minimum absolute atomic E-state index is 0.00276. The van der Waals surface area contributed by atoms with E-state index in [-0.39, 0.29) is 36.4 Å². The summed E-state index contributed by atoms with van der Waals surface area (Å²) in [4.78, 5) is 35.9. The lowest BCUT2D eigenvalue weighted by atomic mass is 9.64. The van der Waals surface area contributed by atoms with Crippen molar-refractivity contribution in [1.29, 1.82) is 0 Å². The Bertz CT molecular complexity index is 1040. The molecule has 0 N–H and O–H groups in total. The molecule has 1 heterocycles. The SMILES string of the molecule is COc1ccc(/C=C/[N+](=O)[O-])c2c1O[C@@H]1[C@@H](O[Si](C)(C)C(C)(C)C)CCC(=O)[C@]21CCOC(C)=O. The minimum Gasteiger partial charge on any atom is -0.493 e. The van der Waals surface area contributed by atoms with Crippen LogP contribution in [-0.2, 0) is 24.2 Å². The van der Waals surface area contributed by atoms with Crippen molar-refractivity contribution < 1.29 is 33.1 Å². The lowest BCUT2D eigenvalue weighted by Gasteiger charge is -2.46. The maximum absolute atomic E-state index is 13.8. The second-order valence-electron chi connectivity index (χ2n) is 10.6. The van der Waals surface area contributed by atoms with E-state index < -0.39 is 30.7 Å². The van der Waals surface area contributed by atoms with Gasteiger partial charge < -0.3 is 18.6 Å². The fourth-order valence-electron chi connectivity index (χ4n) is 4.74. The van der Waals surface area contributed by atoms with E-state index in [9.17, 15) is 19.7 Å². The van der Waals surface area contributed by atoms with E-state index >= 15 is 0 Å². The zero-order chi connectivity index (χ0) is 26.2. The van der Waals surface area contributed by atoms with Gasteiger partial charge in [-0.05, 0) is 36.2 Å². The fourth-order valence-corrected chi connectivity index (χ4v) is 6.10. The van der Waals surface area contributed by atoms with Gasteiger partial charge in [0.15, 0.2) is 19.8 Å². The molecule has 1 aromatic rings. The number of Topliss-reactive ketones (excluding diaryl/α,β-unsaturated/α-hetero) is 1. The summed E-state index contributed by atoms with van der Waals surface area (Å²) < 4.78 is 24.1. The molecule has 0 aromatic heterocycles. The topological polar surface area (TPSA) is 114 Å². The molecule has 0 unspecified atom stereocenters. The normalized spacial score (nSPS) is 24.0. The number of ether oxygens (including phenoxy) is 3. The highest BCUT2D eigenvalue weighted by atomic mass is 28.4. The van der Waals surface area contributed by atoms with Crippen molar-refractivity contribution in [3.8, 4) is 11.5 Å². The molecule has 0 amide bonds. The molecule has 1 saturated carbocycles. The first-order chi connectivity index (χ1) is 16.2. The predicted octanol–water partition coefficient (Wildman–Crippen LogP) is 4.65. The Balaban J connectivity index is 2.20. The fraction of sp³-hybridized carbons (Fsp3) is 0.600. The van der Waals surface area contributed by atoms with Crippen LogP contribution in [0.15, 0.2) is 18.3 Å². The van der Waals surface area contributed by atoms with Crippen molar-refractivity contribution in [2.75, 3.05) is 13.7 Å². The largest absolute Gasteiger partial charge is 0.493 e. The van der Waals surface area contributed by atoms with Gasteiger partial charge in [-0.25, -0.2) is 0 Å². The molecule has 35 heavy (non-hydrogen) atoms. The van der Waals surface area contributed by atoms with Crippen molar-refractivity contribution in [3.63, 3.8) is 0 Å². The van der Waals surface area contributed by atoms with E-state index in [0.717, 1.165) is 6.20 Å². The Morgan fingerprint density at radius 3 is 2.60 bits per heavy atom. The summed E-state index contributed by atoms with van der Waals surface area (Å²) in [5, 5.41) is 11.0. The highest BCUT2D eigenvalue weighted by Crippen LogP contribution is 2.56. The molecule has 10 heteroatoms. The number of methoxy groups -OCH3 is 1. The Morgan fingerprint density at radius 2 is 2.03 bits per heavy atom. The average Bonchev–Trinajstić information content (AvgIpc) is 3.10. The summed E-state index contributed by atoms with van der Waals surface area (Å²) in [5.41, 5.74) is -0.175. The van der Waals surface area contributed by atoms with E-state index in [4.69, 9.17) is 18.6 Å². The van der Waals surface area contributed by atoms with Gasteiger partial charge in [-0.2, -0.15) is 0 Å². The van der Waals surface area contributed by atoms with Crippen LogP contribution < -0.4 is 9.47 Å². The second kappa shape index (κ2) is 9.73. The maximum Gasteiger partial charge on any atom is 0.302 e. The predicted molar refractivity (Wildman–Crippen MR) is 133 cm³/mol. The van der Waals surface area contributed by atoms with Crippen LogP contribution in [0.3, 0.4) is 0 Å². The molecule has 192 valence electrons. The highest BCUT2D eigenvalue weighted by Gasteiger charge is 2.61.